The van der Waals surface area contributed by atoms with Crippen LogP contribution in [0.3, 0.4) is 0 Å². The van der Waals surface area contributed by atoms with Crippen molar-refractivity contribution in [3.8, 4) is 0 Å². The number of benzene rings is 1. The largest absolute Gasteiger partial charge is 0.292 e. The van der Waals surface area contributed by atoms with Crippen LogP contribution in [0.5, 0.6) is 0 Å². The number of nitrogens with zero attached hydrogens (tertiary/aromatic N) is 1. The van der Waals surface area contributed by atoms with Crippen molar-refractivity contribution in [1.82, 2.24) is 4.98 Å². The Bertz CT molecular complexity index is 598. The molecule has 0 fully saturated rings. The number of halogens is 2. The van der Waals surface area contributed by atoms with Crippen LogP contribution in [0, 0.1) is 12.7 Å². The molecule has 0 bridgehead atoms. The van der Waals surface area contributed by atoms with Crippen LogP contribution in [0.2, 0.25) is 5.02 Å². The Labute approximate surface area is 109 Å². The van der Waals surface area contributed by atoms with Gasteiger partial charge in [0.2, 0.25) is 0 Å². The highest BCUT2D eigenvalue weighted by Crippen LogP contribution is 2.17. The second-order valence-electron chi connectivity index (χ2n) is 4.02. The molecule has 0 amide bonds. The molecule has 1 aromatic carbocycles. The fourth-order valence-corrected chi connectivity index (χ4v) is 1.90. The maximum atomic E-state index is 13.0. The summed E-state index contributed by atoms with van der Waals surface area (Å²) in [6, 6.07) is 7.89. The highest BCUT2D eigenvalue weighted by atomic mass is 35.5. The number of rotatable bonds is 3. The maximum Gasteiger partial charge on any atom is 0.185 e. The van der Waals surface area contributed by atoms with Crippen LogP contribution in [0.1, 0.15) is 21.6 Å². The van der Waals surface area contributed by atoms with E-state index in [-0.39, 0.29) is 17.2 Å². The molecule has 2 aromatic rings. The number of ketones is 1. The Morgan fingerprint density at radius 1 is 1.39 bits per heavy atom. The normalized spacial score (nSPS) is 10.4. The van der Waals surface area contributed by atoms with Crippen molar-refractivity contribution >= 4 is 17.4 Å². The lowest BCUT2D eigenvalue weighted by Gasteiger charge is -2.04. The number of hydrogen-bond donors (Lipinski definition) is 0. The first kappa shape index (κ1) is 12.7. The molecule has 0 N–H and O–H groups in total. The van der Waals surface area contributed by atoms with E-state index in [0.717, 1.165) is 5.56 Å². The average Bonchev–Trinajstić information content (AvgIpc) is 2.34. The number of carbonyl (C=O) groups is 1. The lowest BCUT2D eigenvalue weighted by Crippen LogP contribution is -2.08. The molecule has 0 saturated heterocycles. The molecular formula is C14H11ClFNO. The molecule has 0 atom stereocenters. The van der Waals surface area contributed by atoms with Crippen LogP contribution in [0.15, 0.2) is 36.5 Å². The molecule has 18 heavy (non-hydrogen) atoms. The summed E-state index contributed by atoms with van der Waals surface area (Å²) in [6.45, 7) is 1.83. The van der Waals surface area contributed by atoms with Gasteiger partial charge in [0.15, 0.2) is 5.78 Å². The van der Waals surface area contributed by atoms with Gasteiger partial charge in [0.25, 0.3) is 0 Å². The van der Waals surface area contributed by atoms with E-state index < -0.39 is 5.82 Å². The van der Waals surface area contributed by atoms with Gasteiger partial charge in [-0.25, -0.2) is 4.39 Å². The van der Waals surface area contributed by atoms with Crippen molar-refractivity contribution in [2.24, 2.45) is 0 Å². The summed E-state index contributed by atoms with van der Waals surface area (Å²) in [6.07, 6.45) is 1.75. The predicted molar refractivity (Wildman–Crippen MR) is 68.4 cm³/mol. The molecule has 0 aliphatic rings. The minimum atomic E-state index is -0.484. The van der Waals surface area contributed by atoms with Crippen LogP contribution in [0.4, 0.5) is 4.39 Å². The molecule has 4 heteroatoms. The standard InChI is InChI=1S/C14H11ClFNO/c1-9-3-2-6-17-14(9)13(18)8-10-4-5-12(16)11(15)7-10/h2-7H,8H2,1H3. The molecule has 0 aliphatic carbocycles. The van der Waals surface area contributed by atoms with E-state index in [1.54, 1.807) is 18.3 Å². The lowest BCUT2D eigenvalue weighted by molar-refractivity contribution is 0.0987. The zero-order valence-electron chi connectivity index (χ0n) is 9.78. The number of carbonyl (C=O) groups excluding carboxylic acids is 1. The predicted octanol–water partition coefficient (Wildman–Crippen LogP) is 3.61. The summed E-state index contributed by atoms with van der Waals surface area (Å²) in [5.74, 6) is -0.586. The Hall–Kier alpha value is -1.74. The van der Waals surface area contributed by atoms with Gasteiger partial charge < -0.3 is 0 Å². The maximum absolute atomic E-state index is 13.0. The van der Waals surface area contributed by atoms with E-state index in [1.807, 2.05) is 13.0 Å². The van der Waals surface area contributed by atoms with E-state index in [4.69, 9.17) is 11.6 Å². The van der Waals surface area contributed by atoms with E-state index in [0.29, 0.717) is 11.3 Å². The summed E-state index contributed by atoms with van der Waals surface area (Å²) in [7, 11) is 0. The molecule has 2 nitrogen and oxygen atoms in total. The van der Waals surface area contributed by atoms with Gasteiger partial charge in [0.05, 0.1) is 5.02 Å². The number of hydrogen-bond acceptors (Lipinski definition) is 2. The van der Waals surface area contributed by atoms with Gasteiger partial charge in [0.1, 0.15) is 11.5 Å². The first-order valence-corrected chi connectivity index (χ1v) is 5.84. The Kier molecular flexibility index (Phi) is 3.72. The monoisotopic (exact) mass is 263 g/mol. The molecule has 92 valence electrons. The first-order chi connectivity index (χ1) is 8.58. The molecule has 1 aromatic heterocycles. The van der Waals surface area contributed by atoms with Crippen molar-refractivity contribution in [3.63, 3.8) is 0 Å². The van der Waals surface area contributed by atoms with Crippen molar-refractivity contribution in [3.05, 3.63) is 64.2 Å². The quantitative estimate of drug-likeness (QED) is 0.792. The summed E-state index contributed by atoms with van der Waals surface area (Å²) < 4.78 is 13.0. The van der Waals surface area contributed by atoms with Gasteiger partial charge in [0, 0.05) is 12.6 Å². The van der Waals surface area contributed by atoms with Gasteiger partial charge in [-0.15, -0.1) is 0 Å². The third-order valence-corrected chi connectivity index (χ3v) is 2.91. The third kappa shape index (κ3) is 2.74. The van der Waals surface area contributed by atoms with Crippen LogP contribution >= 0.6 is 11.6 Å². The molecule has 1 heterocycles. The first-order valence-electron chi connectivity index (χ1n) is 5.46. The zero-order chi connectivity index (χ0) is 13.1. The van der Waals surface area contributed by atoms with E-state index in [9.17, 15) is 9.18 Å². The topological polar surface area (TPSA) is 30.0 Å². The summed E-state index contributed by atoms with van der Waals surface area (Å²) in [5, 5.41) is 0.0260. The average molecular weight is 264 g/mol. The number of aryl methyl sites for hydroxylation is 1. The fourth-order valence-electron chi connectivity index (χ4n) is 1.70. The summed E-state index contributed by atoms with van der Waals surface area (Å²) in [4.78, 5) is 16.1. The summed E-state index contributed by atoms with van der Waals surface area (Å²) in [5.41, 5.74) is 1.95. The molecule has 0 aliphatic heterocycles. The van der Waals surface area contributed by atoms with Gasteiger partial charge in [-0.3, -0.25) is 9.78 Å². The molecule has 0 unspecified atom stereocenters. The van der Waals surface area contributed by atoms with Crippen LogP contribution in [-0.4, -0.2) is 10.8 Å². The van der Waals surface area contributed by atoms with Gasteiger partial charge in [-0.1, -0.05) is 23.7 Å². The Balaban J connectivity index is 2.22. The van der Waals surface area contributed by atoms with Gasteiger partial charge in [-0.05, 0) is 36.2 Å². The van der Waals surface area contributed by atoms with Crippen LogP contribution in [0.25, 0.3) is 0 Å². The van der Waals surface area contributed by atoms with Crippen molar-refractivity contribution < 1.29 is 9.18 Å². The van der Waals surface area contributed by atoms with Gasteiger partial charge >= 0.3 is 0 Å². The fraction of sp³-hybridized carbons (Fsp3) is 0.143. The van der Waals surface area contributed by atoms with Crippen LogP contribution in [-0.2, 0) is 6.42 Å². The molecule has 0 radical (unpaired) electrons. The third-order valence-electron chi connectivity index (χ3n) is 2.62. The van der Waals surface area contributed by atoms with Gasteiger partial charge in [-0.2, -0.15) is 0 Å². The minimum Gasteiger partial charge on any atom is -0.292 e. The molecule has 2 rings (SSSR count). The molecule has 0 spiro atoms. The zero-order valence-corrected chi connectivity index (χ0v) is 10.5. The Morgan fingerprint density at radius 3 is 2.83 bits per heavy atom. The Morgan fingerprint density at radius 2 is 2.17 bits per heavy atom. The SMILES string of the molecule is Cc1cccnc1C(=O)Cc1ccc(F)c(Cl)c1. The smallest absolute Gasteiger partial charge is 0.185 e. The second-order valence-corrected chi connectivity index (χ2v) is 4.42. The highest BCUT2D eigenvalue weighted by Gasteiger charge is 2.12. The van der Waals surface area contributed by atoms with Crippen molar-refractivity contribution in [2.75, 3.05) is 0 Å². The van der Waals surface area contributed by atoms with E-state index in [1.165, 1.54) is 12.1 Å². The minimum absolute atomic E-state index is 0.0260. The molecule has 0 saturated carbocycles. The lowest BCUT2D eigenvalue weighted by atomic mass is 10.0. The van der Waals surface area contributed by atoms with E-state index >= 15 is 0 Å². The second kappa shape index (κ2) is 5.27. The van der Waals surface area contributed by atoms with Crippen molar-refractivity contribution in [2.45, 2.75) is 13.3 Å². The number of pyridine rings is 1. The summed E-state index contributed by atoms with van der Waals surface area (Å²) >= 11 is 5.67. The van der Waals surface area contributed by atoms with E-state index in [2.05, 4.69) is 4.98 Å². The molecular weight excluding hydrogens is 253 g/mol. The van der Waals surface area contributed by atoms with Crippen molar-refractivity contribution in [1.29, 1.82) is 0 Å². The van der Waals surface area contributed by atoms with Crippen LogP contribution < -0.4 is 0 Å². The number of aromatic nitrogens is 1. The number of Topliss-reactive ketones (excluding diaryl/α,β-unsaturated/α-hetero) is 1. The highest BCUT2D eigenvalue weighted by molar-refractivity contribution is 6.30.